The molecule has 8 nitrogen and oxygen atoms in total. The fourth-order valence-electron chi connectivity index (χ4n) is 3.35. The Labute approximate surface area is 184 Å². The summed E-state index contributed by atoms with van der Waals surface area (Å²) in [5, 5.41) is 13.1. The second-order valence-electron chi connectivity index (χ2n) is 7.14. The van der Waals surface area contributed by atoms with Gasteiger partial charge in [-0.3, -0.25) is 9.59 Å². The molecular weight excluding hydrogens is 428 g/mol. The second-order valence-corrected chi connectivity index (χ2v) is 8.70. The maximum Gasteiger partial charge on any atom is 0.279 e. The molecule has 4 rings (SSSR count). The van der Waals surface area contributed by atoms with E-state index >= 15 is 0 Å². The Morgan fingerprint density at radius 3 is 2.19 bits per heavy atom. The first-order valence-corrected chi connectivity index (χ1v) is 11.4. The van der Waals surface area contributed by atoms with Crippen LogP contribution >= 0.6 is 0 Å². The predicted molar refractivity (Wildman–Crippen MR) is 121 cm³/mol. The minimum atomic E-state index is -3.75. The van der Waals surface area contributed by atoms with Crippen molar-refractivity contribution in [3.8, 4) is 5.69 Å². The average molecular weight is 449 g/mol. The zero-order valence-corrected chi connectivity index (χ0v) is 17.7. The number of nitrogens with two attached hydrogens (primary N) is 1. The van der Waals surface area contributed by atoms with Gasteiger partial charge in [-0.25, -0.2) is 13.6 Å². The van der Waals surface area contributed by atoms with Crippen LogP contribution in [-0.4, -0.2) is 30.7 Å². The highest BCUT2D eigenvalue weighted by molar-refractivity contribution is 7.89. The van der Waals surface area contributed by atoms with Crippen molar-refractivity contribution in [2.24, 2.45) is 5.14 Å². The van der Waals surface area contributed by atoms with Crippen LogP contribution in [0.1, 0.15) is 16.1 Å². The van der Waals surface area contributed by atoms with Crippen molar-refractivity contribution in [1.82, 2.24) is 15.1 Å². The van der Waals surface area contributed by atoms with Crippen LogP contribution in [0.25, 0.3) is 16.5 Å². The summed E-state index contributed by atoms with van der Waals surface area (Å²) in [4.78, 5) is 25.9. The molecule has 1 aromatic heterocycles. The molecule has 0 saturated carbocycles. The first-order chi connectivity index (χ1) is 15.3. The molecule has 32 heavy (non-hydrogen) atoms. The minimum Gasteiger partial charge on any atom is -0.350 e. The number of benzene rings is 3. The largest absolute Gasteiger partial charge is 0.350 e. The monoisotopic (exact) mass is 448 g/mol. The third kappa shape index (κ3) is 4.43. The Hall–Kier alpha value is -3.82. The summed E-state index contributed by atoms with van der Waals surface area (Å²) in [5.41, 5.74) is 1.24. The summed E-state index contributed by atoms with van der Waals surface area (Å²) in [5.74, 6) is -0.410. The van der Waals surface area contributed by atoms with Crippen LogP contribution in [0.15, 0.2) is 88.6 Å². The van der Waals surface area contributed by atoms with E-state index in [1.807, 2.05) is 6.07 Å². The van der Waals surface area contributed by atoms with Gasteiger partial charge in [0.2, 0.25) is 10.0 Å². The Morgan fingerprint density at radius 2 is 1.53 bits per heavy atom. The number of carbonyl (C=O) groups excluding carboxylic acids is 1. The van der Waals surface area contributed by atoms with Crippen molar-refractivity contribution in [3.05, 3.63) is 100 Å². The number of hydrogen-bond acceptors (Lipinski definition) is 5. The molecule has 0 radical (unpaired) electrons. The summed E-state index contributed by atoms with van der Waals surface area (Å²) in [7, 11) is -3.75. The molecule has 0 fully saturated rings. The van der Waals surface area contributed by atoms with Gasteiger partial charge in [-0.15, -0.1) is 0 Å². The minimum absolute atomic E-state index is 0.0316. The van der Waals surface area contributed by atoms with E-state index in [-0.39, 0.29) is 16.1 Å². The standard InChI is InChI=1S/C23H20N4O4S/c24-32(30,31)18-12-10-16(11-13-18)14-15-25-22(28)21-19-8-4-5-9-20(19)23(29)27(26-21)17-6-2-1-3-7-17/h1-13H,14-15H2,(H,25,28)(H2,24,30,31). The average Bonchev–Trinajstić information content (AvgIpc) is 2.80. The fourth-order valence-corrected chi connectivity index (χ4v) is 3.87. The highest BCUT2D eigenvalue weighted by Crippen LogP contribution is 2.15. The van der Waals surface area contributed by atoms with Gasteiger partial charge >= 0.3 is 0 Å². The molecular formula is C23H20N4O4S. The number of nitrogens with one attached hydrogen (secondary N) is 1. The lowest BCUT2D eigenvalue weighted by Crippen LogP contribution is -2.31. The van der Waals surface area contributed by atoms with Crippen molar-refractivity contribution in [3.63, 3.8) is 0 Å². The van der Waals surface area contributed by atoms with Crippen LogP contribution in [0.3, 0.4) is 0 Å². The van der Waals surface area contributed by atoms with Gasteiger partial charge in [0.05, 0.1) is 16.0 Å². The zero-order valence-electron chi connectivity index (χ0n) is 16.9. The van der Waals surface area contributed by atoms with Crippen molar-refractivity contribution < 1.29 is 13.2 Å². The highest BCUT2D eigenvalue weighted by atomic mass is 32.2. The summed E-state index contributed by atoms with van der Waals surface area (Å²) in [6.45, 7) is 0.300. The van der Waals surface area contributed by atoms with E-state index in [4.69, 9.17) is 5.14 Å². The van der Waals surface area contributed by atoms with Crippen LogP contribution in [0.4, 0.5) is 0 Å². The van der Waals surface area contributed by atoms with E-state index < -0.39 is 15.9 Å². The van der Waals surface area contributed by atoms with Crippen molar-refractivity contribution >= 4 is 26.7 Å². The first-order valence-electron chi connectivity index (χ1n) is 9.82. The lowest BCUT2D eigenvalue weighted by Gasteiger charge is -2.11. The quantitative estimate of drug-likeness (QED) is 0.467. The Kier molecular flexibility index (Phi) is 5.85. The van der Waals surface area contributed by atoms with Crippen LogP contribution in [0, 0.1) is 0 Å². The van der Waals surface area contributed by atoms with Gasteiger partial charge in [0.25, 0.3) is 11.5 Å². The number of carbonyl (C=O) groups is 1. The molecule has 0 saturated heterocycles. The van der Waals surface area contributed by atoms with Crippen molar-refractivity contribution in [2.75, 3.05) is 6.54 Å². The molecule has 0 aliphatic rings. The molecule has 0 atom stereocenters. The number of aromatic nitrogens is 2. The maximum absolute atomic E-state index is 12.9. The number of para-hydroxylation sites is 1. The van der Waals surface area contributed by atoms with Gasteiger partial charge < -0.3 is 5.32 Å². The number of nitrogens with zero attached hydrogens (tertiary/aromatic N) is 2. The molecule has 162 valence electrons. The number of amides is 1. The van der Waals surface area contributed by atoms with E-state index in [9.17, 15) is 18.0 Å². The Morgan fingerprint density at radius 1 is 0.906 bits per heavy atom. The number of rotatable bonds is 6. The van der Waals surface area contributed by atoms with Crippen LogP contribution in [0.2, 0.25) is 0 Å². The van der Waals surface area contributed by atoms with E-state index in [1.165, 1.54) is 16.8 Å². The van der Waals surface area contributed by atoms with Gasteiger partial charge in [0, 0.05) is 11.9 Å². The normalized spacial score (nSPS) is 11.4. The van der Waals surface area contributed by atoms with Crippen LogP contribution < -0.4 is 16.0 Å². The van der Waals surface area contributed by atoms with Crippen LogP contribution in [0.5, 0.6) is 0 Å². The lowest BCUT2D eigenvalue weighted by atomic mass is 10.1. The number of hydrogen-bond donors (Lipinski definition) is 2. The third-order valence-electron chi connectivity index (χ3n) is 4.97. The van der Waals surface area contributed by atoms with Gasteiger partial charge in [0.15, 0.2) is 5.69 Å². The van der Waals surface area contributed by atoms with Gasteiger partial charge in [-0.1, -0.05) is 48.5 Å². The molecule has 0 bridgehead atoms. The second kappa shape index (κ2) is 8.74. The van der Waals surface area contributed by atoms with Crippen LogP contribution in [-0.2, 0) is 16.4 Å². The van der Waals surface area contributed by atoms with Crippen molar-refractivity contribution in [1.29, 1.82) is 0 Å². The molecule has 0 aliphatic carbocycles. The van der Waals surface area contributed by atoms with Gasteiger partial charge in [-0.2, -0.15) is 9.78 Å². The smallest absolute Gasteiger partial charge is 0.279 e. The molecule has 3 aromatic carbocycles. The Bertz CT molecular complexity index is 1450. The van der Waals surface area contributed by atoms with E-state index in [0.29, 0.717) is 29.4 Å². The predicted octanol–water partition coefficient (Wildman–Crippen LogP) is 2.01. The zero-order chi connectivity index (χ0) is 22.7. The maximum atomic E-state index is 12.9. The summed E-state index contributed by atoms with van der Waals surface area (Å²) in [6.07, 6.45) is 0.479. The number of sulfonamides is 1. The van der Waals surface area contributed by atoms with E-state index in [0.717, 1.165) is 5.56 Å². The molecule has 3 N–H and O–H groups in total. The lowest BCUT2D eigenvalue weighted by molar-refractivity contribution is 0.0949. The fraction of sp³-hybridized carbons (Fsp3) is 0.0870. The van der Waals surface area contributed by atoms with Crippen molar-refractivity contribution in [2.45, 2.75) is 11.3 Å². The molecule has 0 unspecified atom stereocenters. The molecule has 1 heterocycles. The number of primary sulfonamides is 1. The first kappa shape index (κ1) is 21.4. The molecule has 0 spiro atoms. The summed E-state index contributed by atoms with van der Waals surface area (Å²) in [6, 6.07) is 21.9. The molecule has 4 aromatic rings. The third-order valence-corrected chi connectivity index (χ3v) is 5.90. The Balaban J connectivity index is 1.58. The van der Waals surface area contributed by atoms with Gasteiger partial charge in [-0.05, 0) is 42.3 Å². The summed E-state index contributed by atoms with van der Waals surface area (Å²) < 4.78 is 23.9. The highest BCUT2D eigenvalue weighted by Gasteiger charge is 2.17. The van der Waals surface area contributed by atoms with E-state index in [2.05, 4.69) is 10.4 Å². The topological polar surface area (TPSA) is 124 Å². The number of fused-ring (bicyclic) bond motifs is 1. The molecule has 1 amide bonds. The van der Waals surface area contributed by atoms with Gasteiger partial charge in [0.1, 0.15) is 0 Å². The molecule has 9 heteroatoms. The molecule has 0 aliphatic heterocycles. The van der Waals surface area contributed by atoms with E-state index in [1.54, 1.807) is 60.7 Å². The SMILES string of the molecule is NS(=O)(=O)c1ccc(CCNC(=O)c2nn(-c3ccccc3)c(=O)c3ccccc23)cc1. The summed E-state index contributed by atoms with van der Waals surface area (Å²) >= 11 is 0.